The van der Waals surface area contributed by atoms with Gasteiger partial charge in [-0.2, -0.15) is 13.2 Å². The third kappa shape index (κ3) is 7.37. The summed E-state index contributed by atoms with van der Waals surface area (Å²) in [6.07, 6.45) is -2.72. The Hall–Kier alpha value is -3.19. The van der Waals surface area contributed by atoms with Gasteiger partial charge in [-0.05, 0) is 65.3 Å². The summed E-state index contributed by atoms with van der Waals surface area (Å²) in [4.78, 5) is 30.7. The SMILES string of the molecule is Cc1nc2c(OCc3c(Cl)ccc(N(C)C(=O)CNC(=O)Nc4cccc(C(F)(F)F)c4)c3Cl)cccn2c1Br.Cl. The summed E-state index contributed by atoms with van der Waals surface area (Å²) in [5.74, 6) is -0.0491. The van der Waals surface area contributed by atoms with E-state index in [1.165, 1.54) is 18.0 Å². The molecule has 0 aliphatic rings. The smallest absolute Gasteiger partial charge is 0.416 e. The number of amides is 3. The Balaban J connectivity index is 0.00000462. The van der Waals surface area contributed by atoms with Crippen LogP contribution in [0.15, 0.2) is 59.3 Å². The first kappa shape index (κ1) is 32.3. The van der Waals surface area contributed by atoms with Crippen LogP contribution in [0.1, 0.15) is 16.8 Å². The third-order valence-corrected chi connectivity index (χ3v) is 7.57. The average Bonchev–Trinajstić information content (AvgIpc) is 3.20. The molecule has 4 aromatic rings. The Labute approximate surface area is 257 Å². The van der Waals surface area contributed by atoms with Gasteiger partial charge < -0.3 is 20.3 Å². The molecule has 4 rings (SSSR count). The standard InChI is InChI=1S/C26H21BrCl2F3N5O3.ClH/c1-14-23(27)37-10-4-7-20(24(37)34-14)40-13-17-18(28)8-9-19(22(17)29)36(2)21(38)12-33-25(39)35-16-6-3-5-15(11-16)26(30,31)32;/h3-11H,12-13H2,1-2H3,(H2,33,35,39);1H. The normalized spacial score (nSPS) is 11.1. The molecule has 0 saturated heterocycles. The lowest BCUT2D eigenvalue weighted by molar-refractivity contribution is -0.137. The monoisotopic (exact) mass is 693 g/mol. The number of imidazole rings is 1. The van der Waals surface area contributed by atoms with E-state index in [9.17, 15) is 22.8 Å². The van der Waals surface area contributed by atoms with Crippen molar-refractivity contribution >= 4 is 80.5 Å². The molecule has 0 fully saturated rings. The molecule has 0 aliphatic carbocycles. The summed E-state index contributed by atoms with van der Waals surface area (Å²) in [5.41, 5.74) is 1.13. The van der Waals surface area contributed by atoms with Gasteiger partial charge in [0.1, 0.15) is 11.2 Å². The molecule has 2 aromatic heterocycles. The molecular formula is C26H22BrCl3F3N5O3. The van der Waals surface area contributed by atoms with E-state index in [-0.39, 0.29) is 29.7 Å². The van der Waals surface area contributed by atoms with Crippen molar-refractivity contribution in [1.29, 1.82) is 0 Å². The van der Waals surface area contributed by atoms with Crippen molar-refractivity contribution in [3.8, 4) is 5.75 Å². The highest BCUT2D eigenvalue weighted by molar-refractivity contribution is 9.10. The number of hydrogen-bond donors (Lipinski definition) is 2. The molecule has 218 valence electrons. The first-order valence-electron chi connectivity index (χ1n) is 11.6. The minimum atomic E-state index is -4.56. The van der Waals surface area contributed by atoms with Gasteiger partial charge in [0.15, 0.2) is 11.4 Å². The number of urea groups is 1. The number of nitrogens with one attached hydrogen (secondary N) is 2. The fraction of sp³-hybridized carbons (Fsp3) is 0.192. The van der Waals surface area contributed by atoms with E-state index in [0.29, 0.717) is 27.7 Å². The van der Waals surface area contributed by atoms with Crippen molar-refractivity contribution in [2.45, 2.75) is 19.7 Å². The summed E-state index contributed by atoms with van der Waals surface area (Å²) in [7, 11) is 1.46. The number of rotatable bonds is 7. The van der Waals surface area contributed by atoms with Crippen LogP contribution in [-0.2, 0) is 17.6 Å². The zero-order valence-corrected chi connectivity index (χ0v) is 25.3. The van der Waals surface area contributed by atoms with Crippen molar-refractivity contribution in [2.75, 3.05) is 23.8 Å². The largest absolute Gasteiger partial charge is 0.485 e. The molecule has 0 spiro atoms. The Morgan fingerprint density at radius 3 is 2.59 bits per heavy atom. The van der Waals surface area contributed by atoms with Crippen LogP contribution in [0.3, 0.4) is 0 Å². The number of ether oxygens (including phenoxy) is 1. The van der Waals surface area contributed by atoms with Crippen LogP contribution in [0, 0.1) is 6.92 Å². The zero-order chi connectivity index (χ0) is 29.2. The fourth-order valence-electron chi connectivity index (χ4n) is 3.72. The highest BCUT2D eigenvalue weighted by Crippen LogP contribution is 2.35. The maximum Gasteiger partial charge on any atom is 0.416 e. The summed E-state index contributed by atoms with van der Waals surface area (Å²) < 4.78 is 47.3. The lowest BCUT2D eigenvalue weighted by atomic mass is 10.2. The van der Waals surface area contributed by atoms with Gasteiger partial charge in [0.05, 0.1) is 28.5 Å². The topological polar surface area (TPSA) is 88.0 Å². The fourth-order valence-corrected chi connectivity index (χ4v) is 4.71. The molecular weight excluding hydrogens is 674 g/mol. The van der Waals surface area contributed by atoms with E-state index in [1.54, 1.807) is 24.3 Å². The van der Waals surface area contributed by atoms with E-state index in [0.717, 1.165) is 28.5 Å². The summed E-state index contributed by atoms with van der Waals surface area (Å²) in [6.45, 7) is 1.38. The summed E-state index contributed by atoms with van der Waals surface area (Å²) in [6, 6.07) is 9.95. The Bertz CT molecular complexity index is 1600. The van der Waals surface area contributed by atoms with E-state index in [4.69, 9.17) is 27.9 Å². The van der Waals surface area contributed by atoms with Gasteiger partial charge in [0.2, 0.25) is 5.91 Å². The van der Waals surface area contributed by atoms with Gasteiger partial charge in [-0.3, -0.25) is 9.20 Å². The number of aryl methyl sites for hydroxylation is 1. The predicted octanol–water partition coefficient (Wildman–Crippen LogP) is 7.52. The minimum absolute atomic E-state index is 0. The number of benzene rings is 2. The van der Waals surface area contributed by atoms with Crippen molar-refractivity contribution in [2.24, 2.45) is 0 Å². The molecule has 0 saturated carbocycles. The maximum atomic E-state index is 12.9. The van der Waals surface area contributed by atoms with E-state index in [1.807, 2.05) is 17.5 Å². The summed E-state index contributed by atoms with van der Waals surface area (Å²) >= 11 is 16.5. The maximum absolute atomic E-state index is 12.9. The van der Waals surface area contributed by atoms with E-state index in [2.05, 4.69) is 31.5 Å². The van der Waals surface area contributed by atoms with Crippen LogP contribution >= 0.6 is 51.5 Å². The minimum Gasteiger partial charge on any atom is -0.485 e. The Kier molecular flexibility index (Phi) is 10.4. The van der Waals surface area contributed by atoms with Crippen LogP contribution < -0.4 is 20.3 Å². The number of alkyl halides is 3. The lowest BCUT2D eigenvalue weighted by Crippen LogP contribution is -2.40. The first-order valence-corrected chi connectivity index (χ1v) is 13.1. The van der Waals surface area contributed by atoms with Gasteiger partial charge in [-0.1, -0.05) is 29.3 Å². The number of pyridine rings is 1. The lowest BCUT2D eigenvalue weighted by Gasteiger charge is -2.21. The molecule has 0 radical (unpaired) electrons. The Morgan fingerprint density at radius 2 is 1.88 bits per heavy atom. The van der Waals surface area contributed by atoms with Crippen LogP contribution in [0.25, 0.3) is 5.65 Å². The van der Waals surface area contributed by atoms with Crippen LogP contribution in [0.2, 0.25) is 10.0 Å². The van der Waals surface area contributed by atoms with Crippen molar-refractivity contribution in [3.63, 3.8) is 0 Å². The van der Waals surface area contributed by atoms with Crippen molar-refractivity contribution in [1.82, 2.24) is 14.7 Å². The van der Waals surface area contributed by atoms with E-state index < -0.39 is 30.2 Å². The van der Waals surface area contributed by atoms with Gasteiger partial charge in [0, 0.05) is 29.5 Å². The molecule has 3 amide bonds. The number of likely N-dealkylation sites (N-methyl/N-ethyl adjacent to an activating group) is 1. The average molecular weight is 696 g/mol. The van der Waals surface area contributed by atoms with Crippen LogP contribution in [0.5, 0.6) is 5.75 Å². The molecule has 2 heterocycles. The second-order valence-corrected chi connectivity index (χ2v) is 10.1. The molecule has 15 heteroatoms. The zero-order valence-electron chi connectivity index (χ0n) is 21.4. The van der Waals surface area contributed by atoms with Crippen molar-refractivity contribution < 1.29 is 27.5 Å². The summed E-state index contributed by atoms with van der Waals surface area (Å²) in [5, 5.41) is 5.09. The number of nitrogens with zero attached hydrogens (tertiary/aromatic N) is 3. The molecule has 2 N–H and O–H groups in total. The number of fused-ring (bicyclic) bond motifs is 1. The third-order valence-electron chi connectivity index (χ3n) is 5.84. The van der Waals surface area contributed by atoms with Crippen LogP contribution in [-0.4, -0.2) is 34.9 Å². The number of carbonyl (C=O) groups is 2. The number of aromatic nitrogens is 2. The van der Waals surface area contributed by atoms with Crippen molar-refractivity contribution in [3.05, 3.63) is 86.2 Å². The second kappa shape index (κ2) is 13.2. The Morgan fingerprint density at radius 1 is 1.15 bits per heavy atom. The molecule has 8 nitrogen and oxygen atoms in total. The van der Waals surface area contributed by atoms with Gasteiger partial charge in [-0.25, -0.2) is 9.78 Å². The number of anilines is 2. The molecule has 0 bridgehead atoms. The van der Waals surface area contributed by atoms with Gasteiger partial charge >= 0.3 is 12.2 Å². The molecule has 0 atom stereocenters. The predicted molar refractivity (Wildman–Crippen MR) is 158 cm³/mol. The number of halogens is 7. The van der Waals surface area contributed by atoms with Gasteiger partial charge in [-0.15, -0.1) is 12.4 Å². The van der Waals surface area contributed by atoms with Crippen LogP contribution in [0.4, 0.5) is 29.3 Å². The van der Waals surface area contributed by atoms with Gasteiger partial charge in [0.25, 0.3) is 0 Å². The highest BCUT2D eigenvalue weighted by atomic mass is 79.9. The molecule has 2 aromatic carbocycles. The van der Waals surface area contributed by atoms with E-state index >= 15 is 0 Å². The second-order valence-electron chi connectivity index (χ2n) is 8.54. The highest BCUT2D eigenvalue weighted by Gasteiger charge is 2.30. The first-order chi connectivity index (χ1) is 18.9. The quantitative estimate of drug-likeness (QED) is 0.210. The number of hydrogen-bond acceptors (Lipinski definition) is 4. The number of carbonyl (C=O) groups excluding carboxylic acids is 2. The molecule has 0 unspecified atom stereocenters. The molecule has 41 heavy (non-hydrogen) atoms. The molecule has 0 aliphatic heterocycles.